The minimum atomic E-state index is -0.486. The minimum Gasteiger partial charge on any atom is -0.497 e. The summed E-state index contributed by atoms with van der Waals surface area (Å²) in [7, 11) is 1.48. The van der Waals surface area contributed by atoms with E-state index in [1.807, 2.05) is 13.8 Å². The summed E-state index contributed by atoms with van der Waals surface area (Å²) in [4.78, 5) is 11.6. The molecule has 2 N–H and O–H groups in total. The van der Waals surface area contributed by atoms with Crippen molar-refractivity contribution in [3.05, 3.63) is 29.6 Å². The standard InChI is InChI=1S/C16H24FNO3/c1-5-21-15(19)10-16(2,3)9-14(18)12-7-6-11(20-4)8-13(12)17/h6-8,14H,5,9-10,18H2,1-4H3. The van der Waals surface area contributed by atoms with Crippen LogP contribution in [0.15, 0.2) is 18.2 Å². The lowest BCUT2D eigenvalue weighted by molar-refractivity contribution is -0.145. The van der Waals surface area contributed by atoms with Gasteiger partial charge in [0.25, 0.3) is 0 Å². The molecular weight excluding hydrogens is 273 g/mol. The number of nitrogens with two attached hydrogens (primary N) is 1. The molecule has 1 unspecified atom stereocenters. The van der Waals surface area contributed by atoms with Crippen LogP contribution in [0.2, 0.25) is 0 Å². The van der Waals surface area contributed by atoms with Gasteiger partial charge in [0.1, 0.15) is 11.6 Å². The van der Waals surface area contributed by atoms with Gasteiger partial charge in [-0.2, -0.15) is 0 Å². The van der Waals surface area contributed by atoms with Crippen molar-refractivity contribution < 1.29 is 18.7 Å². The number of hydrogen-bond acceptors (Lipinski definition) is 4. The normalized spacial score (nSPS) is 12.9. The lowest BCUT2D eigenvalue weighted by Gasteiger charge is -2.27. The van der Waals surface area contributed by atoms with Gasteiger partial charge in [-0.3, -0.25) is 4.79 Å². The molecule has 0 radical (unpaired) electrons. The molecule has 0 saturated heterocycles. The Morgan fingerprint density at radius 2 is 2.10 bits per heavy atom. The number of esters is 1. The zero-order valence-electron chi connectivity index (χ0n) is 13.1. The minimum absolute atomic E-state index is 0.256. The summed E-state index contributed by atoms with van der Waals surface area (Å²) in [6.07, 6.45) is 0.737. The molecule has 0 aliphatic carbocycles. The van der Waals surface area contributed by atoms with E-state index >= 15 is 0 Å². The van der Waals surface area contributed by atoms with Gasteiger partial charge < -0.3 is 15.2 Å². The van der Waals surface area contributed by atoms with Crippen LogP contribution < -0.4 is 10.5 Å². The van der Waals surface area contributed by atoms with Gasteiger partial charge in [0, 0.05) is 17.7 Å². The van der Waals surface area contributed by atoms with E-state index in [1.165, 1.54) is 13.2 Å². The number of hydrogen-bond donors (Lipinski definition) is 1. The lowest BCUT2D eigenvalue weighted by atomic mass is 9.81. The molecule has 1 aromatic carbocycles. The van der Waals surface area contributed by atoms with E-state index in [2.05, 4.69) is 0 Å². The summed E-state index contributed by atoms with van der Waals surface area (Å²) in [5, 5.41) is 0. The van der Waals surface area contributed by atoms with E-state index in [0.29, 0.717) is 24.3 Å². The molecule has 1 atom stereocenters. The number of rotatable bonds is 7. The van der Waals surface area contributed by atoms with Crippen molar-refractivity contribution >= 4 is 5.97 Å². The van der Waals surface area contributed by atoms with Gasteiger partial charge in [0.15, 0.2) is 0 Å². The van der Waals surface area contributed by atoms with Crippen molar-refractivity contribution in [1.29, 1.82) is 0 Å². The highest BCUT2D eigenvalue weighted by Crippen LogP contribution is 2.33. The molecule has 0 fully saturated rings. The van der Waals surface area contributed by atoms with Gasteiger partial charge in [-0.05, 0) is 24.8 Å². The Labute approximate surface area is 125 Å². The second-order valence-corrected chi connectivity index (χ2v) is 5.84. The maximum atomic E-state index is 14.0. The molecule has 1 aromatic rings. The van der Waals surface area contributed by atoms with Gasteiger partial charge in [0.05, 0.1) is 20.1 Å². The van der Waals surface area contributed by atoms with Crippen LogP contribution >= 0.6 is 0 Å². The third-order valence-electron chi connectivity index (χ3n) is 3.31. The van der Waals surface area contributed by atoms with E-state index in [0.717, 1.165) is 0 Å². The number of methoxy groups -OCH3 is 1. The average molecular weight is 297 g/mol. The van der Waals surface area contributed by atoms with Crippen molar-refractivity contribution in [3.8, 4) is 5.75 Å². The lowest BCUT2D eigenvalue weighted by Crippen LogP contribution is -2.25. The Morgan fingerprint density at radius 3 is 2.62 bits per heavy atom. The molecule has 0 bridgehead atoms. The number of ether oxygens (including phenoxy) is 2. The third kappa shape index (κ3) is 5.34. The van der Waals surface area contributed by atoms with Gasteiger partial charge in [-0.25, -0.2) is 4.39 Å². The fraction of sp³-hybridized carbons (Fsp3) is 0.562. The van der Waals surface area contributed by atoms with Crippen molar-refractivity contribution in [3.63, 3.8) is 0 Å². The van der Waals surface area contributed by atoms with Gasteiger partial charge in [-0.15, -0.1) is 0 Å². The Balaban J connectivity index is 2.75. The number of carbonyl (C=O) groups is 1. The highest BCUT2D eigenvalue weighted by molar-refractivity contribution is 5.70. The molecule has 5 heteroatoms. The van der Waals surface area contributed by atoms with Crippen LogP contribution in [0.3, 0.4) is 0 Å². The molecule has 0 aliphatic heterocycles. The van der Waals surface area contributed by atoms with E-state index < -0.39 is 11.9 Å². The molecule has 0 aliphatic rings. The SMILES string of the molecule is CCOC(=O)CC(C)(C)CC(N)c1ccc(OC)cc1F. The van der Waals surface area contributed by atoms with Crippen molar-refractivity contribution in [2.45, 2.75) is 39.7 Å². The van der Waals surface area contributed by atoms with E-state index in [1.54, 1.807) is 19.1 Å². The molecule has 21 heavy (non-hydrogen) atoms. The van der Waals surface area contributed by atoms with Crippen LogP contribution in [0, 0.1) is 11.2 Å². The maximum absolute atomic E-state index is 14.0. The average Bonchev–Trinajstić information content (AvgIpc) is 2.37. The van der Waals surface area contributed by atoms with E-state index in [9.17, 15) is 9.18 Å². The summed E-state index contributed by atoms with van der Waals surface area (Å²) in [5.74, 6) is -0.201. The zero-order chi connectivity index (χ0) is 16.0. The highest BCUT2D eigenvalue weighted by Gasteiger charge is 2.27. The summed E-state index contributed by atoms with van der Waals surface area (Å²) in [6.45, 7) is 5.97. The highest BCUT2D eigenvalue weighted by atomic mass is 19.1. The molecule has 1 rings (SSSR count). The van der Waals surface area contributed by atoms with Crippen LogP contribution in [0.4, 0.5) is 4.39 Å². The second kappa shape index (κ2) is 7.41. The Hall–Kier alpha value is -1.62. The monoisotopic (exact) mass is 297 g/mol. The summed E-state index contributed by atoms with van der Waals surface area (Å²) < 4.78 is 23.9. The quantitative estimate of drug-likeness (QED) is 0.785. The Bertz CT molecular complexity index is 488. The fourth-order valence-corrected chi connectivity index (χ4v) is 2.32. The van der Waals surface area contributed by atoms with Gasteiger partial charge in [-0.1, -0.05) is 19.9 Å². The first-order valence-electron chi connectivity index (χ1n) is 7.03. The molecular formula is C16H24FNO3. The number of benzene rings is 1. The summed E-state index contributed by atoms with van der Waals surface area (Å²) in [6, 6.07) is 4.13. The van der Waals surface area contributed by atoms with Crippen molar-refractivity contribution in [2.24, 2.45) is 11.1 Å². The molecule has 4 nitrogen and oxygen atoms in total. The van der Waals surface area contributed by atoms with Crippen molar-refractivity contribution in [1.82, 2.24) is 0 Å². The largest absolute Gasteiger partial charge is 0.497 e. The summed E-state index contributed by atoms with van der Waals surface area (Å²) >= 11 is 0. The fourth-order valence-electron chi connectivity index (χ4n) is 2.32. The van der Waals surface area contributed by atoms with Gasteiger partial charge in [0.2, 0.25) is 0 Å². The molecule has 0 heterocycles. The van der Waals surface area contributed by atoms with E-state index in [-0.39, 0.29) is 17.8 Å². The number of carbonyl (C=O) groups excluding carboxylic acids is 1. The molecule has 0 spiro atoms. The topological polar surface area (TPSA) is 61.5 Å². The van der Waals surface area contributed by atoms with Crippen LogP contribution in [0.1, 0.15) is 45.2 Å². The summed E-state index contributed by atoms with van der Waals surface area (Å²) in [5.41, 5.74) is 6.15. The van der Waals surface area contributed by atoms with Crippen molar-refractivity contribution in [2.75, 3.05) is 13.7 Å². The first kappa shape index (κ1) is 17.4. The Kier molecular flexibility index (Phi) is 6.15. The molecule has 118 valence electrons. The zero-order valence-corrected chi connectivity index (χ0v) is 13.1. The van der Waals surface area contributed by atoms with Crippen LogP contribution in [-0.4, -0.2) is 19.7 Å². The first-order chi connectivity index (χ1) is 9.79. The smallest absolute Gasteiger partial charge is 0.306 e. The first-order valence-corrected chi connectivity index (χ1v) is 7.03. The third-order valence-corrected chi connectivity index (χ3v) is 3.31. The molecule has 0 saturated carbocycles. The predicted molar refractivity (Wildman–Crippen MR) is 79.5 cm³/mol. The predicted octanol–water partition coefficient (Wildman–Crippen LogP) is 3.20. The van der Waals surface area contributed by atoms with E-state index in [4.69, 9.17) is 15.2 Å². The number of halogens is 1. The van der Waals surface area contributed by atoms with Crippen LogP contribution in [0.25, 0.3) is 0 Å². The molecule has 0 amide bonds. The Morgan fingerprint density at radius 1 is 1.43 bits per heavy atom. The van der Waals surface area contributed by atoms with Crippen LogP contribution in [0.5, 0.6) is 5.75 Å². The maximum Gasteiger partial charge on any atom is 0.306 e. The van der Waals surface area contributed by atoms with Gasteiger partial charge >= 0.3 is 5.97 Å². The van der Waals surface area contributed by atoms with Crippen LogP contribution in [-0.2, 0) is 9.53 Å². The second-order valence-electron chi connectivity index (χ2n) is 5.84. The molecule has 0 aromatic heterocycles.